The first-order chi connectivity index (χ1) is 7.77. The molecule has 1 fully saturated rings. The molecule has 1 saturated carbocycles. The minimum atomic E-state index is -0.475. The molecule has 2 aliphatic carbocycles. The quantitative estimate of drug-likeness (QED) is 0.770. The molecule has 0 aromatic rings. The Morgan fingerprint density at radius 2 is 2.00 bits per heavy atom. The number of hydrogen-bond acceptors (Lipinski definition) is 2. The van der Waals surface area contributed by atoms with Gasteiger partial charge in [-0.05, 0) is 18.9 Å². The minimum absolute atomic E-state index is 0.254. The molecule has 0 aromatic heterocycles. The molecule has 0 radical (unpaired) electrons. The Morgan fingerprint density at radius 1 is 1.25 bits per heavy atom. The molecule has 2 unspecified atom stereocenters. The maximum atomic E-state index is 9.44. The SMILES string of the molecule is CC1C=CC=CC1(C#N)NC1CCCCC1. The molecule has 0 aromatic carbocycles. The summed E-state index contributed by atoms with van der Waals surface area (Å²) < 4.78 is 0. The molecular formula is C14H20N2. The maximum Gasteiger partial charge on any atom is 0.131 e. The van der Waals surface area contributed by atoms with E-state index < -0.39 is 5.54 Å². The number of rotatable bonds is 2. The summed E-state index contributed by atoms with van der Waals surface area (Å²) in [6.07, 6.45) is 14.5. The molecule has 2 aliphatic rings. The number of hydrogen-bond donors (Lipinski definition) is 1. The van der Waals surface area contributed by atoms with Gasteiger partial charge in [-0.1, -0.05) is 44.4 Å². The Kier molecular flexibility index (Phi) is 3.46. The summed E-state index contributed by atoms with van der Waals surface area (Å²) >= 11 is 0. The zero-order valence-electron chi connectivity index (χ0n) is 9.95. The van der Waals surface area contributed by atoms with Gasteiger partial charge in [0.15, 0.2) is 0 Å². The molecule has 0 heterocycles. The van der Waals surface area contributed by atoms with Crippen molar-refractivity contribution < 1.29 is 0 Å². The summed E-state index contributed by atoms with van der Waals surface area (Å²) in [4.78, 5) is 0. The van der Waals surface area contributed by atoms with E-state index in [1.807, 2.05) is 18.2 Å². The van der Waals surface area contributed by atoms with Gasteiger partial charge in [-0.25, -0.2) is 0 Å². The lowest BCUT2D eigenvalue weighted by molar-refractivity contribution is 0.293. The highest BCUT2D eigenvalue weighted by Crippen LogP contribution is 2.27. The molecular weight excluding hydrogens is 196 g/mol. The van der Waals surface area contributed by atoms with Crippen molar-refractivity contribution in [2.45, 2.75) is 50.6 Å². The van der Waals surface area contributed by atoms with Gasteiger partial charge in [0.1, 0.15) is 5.54 Å². The molecule has 16 heavy (non-hydrogen) atoms. The fraction of sp³-hybridized carbons (Fsp3) is 0.643. The van der Waals surface area contributed by atoms with Crippen LogP contribution in [0.15, 0.2) is 24.3 Å². The maximum absolute atomic E-state index is 9.44. The van der Waals surface area contributed by atoms with E-state index >= 15 is 0 Å². The highest BCUT2D eigenvalue weighted by Gasteiger charge is 2.35. The van der Waals surface area contributed by atoms with E-state index in [2.05, 4.69) is 24.4 Å². The van der Waals surface area contributed by atoms with E-state index in [1.54, 1.807) is 0 Å². The van der Waals surface area contributed by atoms with E-state index in [4.69, 9.17) is 0 Å². The molecule has 0 spiro atoms. The van der Waals surface area contributed by atoms with Crippen LogP contribution in [0, 0.1) is 17.2 Å². The third-order valence-corrected chi connectivity index (χ3v) is 3.82. The van der Waals surface area contributed by atoms with Gasteiger partial charge in [-0.2, -0.15) is 5.26 Å². The summed E-state index contributed by atoms with van der Waals surface area (Å²) in [5.74, 6) is 0.254. The van der Waals surface area contributed by atoms with Crippen LogP contribution in [0.1, 0.15) is 39.0 Å². The van der Waals surface area contributed by atoms with Gasteiger partial charge >= 0.3 is 0 Å². The van der Waals surface area contributed by atoms with Crippen molar-refractivity contribution in [2.24, 2.45) is 5.92 Å². The number of nitriles is 1. The first-order valence-electron chi connectivity index (χ1n) is 6.32. The van der Waals surface area contributed by atoms with Gasteiger partial charge in [0.2, 0.25) is 0 Å². The smallest absolute Gasteiger partial charge is 0.131 e. The average molecular weight is 216 g/mol. The van der Waals surface area contributed by atoms with Crippen molar-refractivity contribution in [3.8, 4) is 6.07 Å². The van der Waals surface area contributed by atoms with Crippen LogP contribution < -0.4 is 5.32 Å². The zero-order valence-corrected chi connectivity index (χ0v) is 9.95. The highest BCUT2D eigenvalue weighted by molar-refractivity contribution is 5.32. The Balaban J connectivity index is 2.07. The van der Waals surface area contributed by atoms with Crippen molar-refractivity contribution in [2.75, 3.05) is 0 Å². The lowest BCUT2D eigenvalue weighted by atomic mass is 9.81. The Labute approximate surface area is 98.0 Å². The van der Waals surface area contributed by atoms with Crippen molar-refractivity contribution in [1.82, 2.24) is 5.32 Å². The van der Waals surface area contributed by atoms with E-state index in [9.17, 15) is 5.26 Å². The fourth-order valence-corrected chi connectivity index (χ4v) is 2.68. The number of allylic oxidation sites excluding steroid dienone is 2. The molecule has 2 atom stereocenters. The third kappa shape index (κ3) is 2.20. The van der Waals surface area contributed by atoms with Gasteiger partial charge in [0.05, 0.1) is 6.07 Å². The third-order valence-electron chi connectivity index (χ3n) is 3.82. The van der Waals surface area contributed by atoms with Gasteiger partial charge < -0.3 is 0 Å². The van der Waals surface area contributed by atoms with Gasteiger partial charge in [-0.15, -0.1) is 0 Å². The minimum Gasteiger partial charge on any atom is -0.293 e. The molecule has 0 saturated heterocycles. The van der Waals surface area contributed by atoms with E-state index in [1.165, 1.54) is 32.1 Å². The van der Waals surface area contributed by atoms with Crippen LogP contribution in [0.5, 0.6) is 0 Å². The molecule has 1 N–H and O–H groups in total. The monoisotopic (exact) mass is 216 g/mol. The second-order valence-corrected chi connectivity index (χ2v) is 4.99. The fourth-order valence-electron chi connectivity index (χ4n) is 2.68. The molecule has 0 aliphatic heterocycles. The highest BCUT2D eigenvalue weighted by atomic mass is 15.0. The molecule has 86 valence electrons. The predicted molar refractivity (Wildman–Crippen MR) is 65.8 cm³/mol. The Morgan fingerprint density at radius 3 is 2.62 bits per heavy atom. The summed E-state index contributed by atoms with van der Waals surface area (Å²) in [5, 5.41) is 13.0. The van der Waals surface area contributed by atoms with Crippen molar-refractivity contribution in [3.63, 3.8) is 0 Å². The average Bonchev–Trinajstić information content (AvgIpc) is 2.34. The van der Waals surface area contributed by atoms with Gasteiger partial charge in [0.25, 0.3) is 0 Å². The molecule has 2 rings (SSSR count). The van der Waals surface area contributed by atoms with Crippen LogP contribution in [-0.4, -0.2) is 11.6 Å². The topological polar surface area (TPSA) is 35.8 Å². The van der Waals surface area contributed by atoms with Crippen LogP contribution in [-0.2, 0) is 0 Å². The standard InChI is InChI=1S/C14H20N2/c1-12-7-5-6-10-14(12,11-15)16-13-8-3-2-4-9-13/h5-7,10,12-13,16H,2-4,8-9H2,1H3. The first-order valence-corrected chi connectivity index (χ1v) is 6.32. The van der Waals surface area contributed by atoms with Crippen LogP contribution in [0.3, 0.4) is 0 Å². The largest absolute Gasteiger partial charge is 0.293 e. The second-order valence-electron chi connectivity index (χ2n) is 4.99. The summed E-state index contributed by atoms with van der Waals surface area (Å²) in [5.41, 5.74) is -0.475. The van der Waals surface area contributed by atoms with Gasteiger partial charge in [-0.3, -0.25) is 5.32 Å². The second kappa shape index (κ2) is 4.84. The van der Waals surface area contributed by atoms with Crippen molar-refractivity contribution in [3.05, 3.63) is 24.3 Å². The predicted octanol–water partition coefficient (Wildman–Crippen LogP) is 2.93. The molecule has 2 heteroatoms. The molecule has 0 bridgehead atoms. The summed E-state index contributed by atoms with van der Waals surface area (Å²) in [6, 6.07) is 2.99. The van der Waals surface area contributed by atoms with Crippen molar-refractivity contribution >= 4 is 0 Å². The van der Waals surface area contributed by atoms with Crippen LogP contribution >= 0.6 is 0 Å². The van der Waals surface area contributed by atoms with Gasteiger partial charge in [0, 0.05) is 12.0 Å². The van der Waals surface area contributed by atoms with E-state index in [0.29, 0.717) is 6.04 Å². The van der Waals surface area contributed by atoms with Crippen LogP contribution in [0.4, 0.5) is 0 Å². The Bertz CT molecular complexity index is 331. The number of nitrogens with one attached hydrogen (secondary N) is 1. The lowest BCUT2D eigenvalue weighted by Gasteiger charge is -2.36. The number of nitrogens with zero attached hydrogens (tertiary/aromatic N) is 1. The van der Waals surface area contributed by atoms with E-state index in [-0.39, 0.29) is 5.92 Å². The summed E-state index contributed by atoms with van der Waals surface area (Å²) in [6.45, 7) is 2.11. The van der Waals surface area contributed by atoms with Crippen LogP contribution in [0.2, 0.25) is 0 Å². The van der Waals surface area contributed by atoms with Crippen molar-refractivity contribution in [1.29, 1.82) is 5.26 Å². The van der Waals surface area contributed by atoms with Crippen LogP contribution in [0.25, 0.3) is 0 Å². The normalized spacial score (nSPS) is 34.9. The molecule has 2 nitrogen and oxygen atoms in total. The lowest BCUT2D eigenvalue weighted by Crippen LogP contribution is -2.53. The first kappa shape index (κ1) is 11.4. The van der Waals surface area contributed by atoms with E-state index in [0.717, 1.165) is 0 Å². The zero-order chi connectivity index (χ0) is 11.4. The Hall–Kier alpha value is -1.07. The molecule has 0 amide bonds. The summed E-state index contributed by atoms with van der Waals surface area (Å²) in [7, 11) is 0.